The van der Waals surface area contributed by atoms with E-state index in [4.69, 9.17) is 9.47 Å². The van der Waals surface area contributed by atoms with Crippen LogP contribution < -0.4 is 5.32 Å². The minimum atomic E-state index is -4.39. The van der Waals surface area contributed by atoms with Gasteiger partial charge in [-0.3, -0.25) is 23.6 Å². The number of benzene rings is 1. The Kier molecular flexibility index (Phi) is 33.5. The number of carbonyl (C=O) groups is 3. The Balaban J connectivity index is -0.000000207. The zero-order valence-electron chi connectivity index (χ0n) is 22.9. The number of unbranched alkanes of at least 4 members (excludes halogenated alkanes) is 4. The molecule has 1 aromatic carbocycles. The van der Waals surface area contributed by atoms with Gasteiger partial charge < -0.3 is 14.8 Å². The van der Waals surface area contributed by atoms with Gasteiger partial charge in [0.25, 0.3) is 10.1 Å². The van der Waals surface area contributed by atoms with Crippen LogP contribution in [0.4, 0.5) is 10.4 Å². The van der Waals surface area contributed by atoms with Crippen LogP contribution in [0.1, 0.15) is 115 Å². The highest BCUT2D eigenvalue weighted by molar-refractivity contribution is 7.86. The van der Waals surface area contributed by atoms with E-state index in [1.54, 1.807) is 27.2 Å². The minimum absolute atomic E-state index is 0. The van der Waals surface area contributed by atoms with Crippen molar-refractivity contribution in [1.29, 1.82) is 0 Å². The second kappa shape index (κ2) is 26.7. The van der Waals surface area contributed by atoms with E-state index in [2.05, 4.69) is 5.32 Å². The number of ether oxygens (including phenoxy) is 2. The summed E-state index contributed by atoms with van der Waals surface area (Å²) in [5.74, 6) is -0.133. The monoisotopic (exact) mass is 613 g/mol. The Labute approximate surface area is 250 Å². The summed E-state index contributed by atoms with van der Waals surface area (Å²) < 4.78 is 42.1. The lowest BCUT2D eigenvalue weighted by molar-refractivity contribution is -0.140. The largest absolute Gasteiger partial charge is 0.374 e. The van der Waals surface area contributed by atoms with Gasteiger partial charge in [0.15, 0.2) is 11.6 Å². The molecule has 9 nitrogen and oxygen atoms in total. The summed E-state index contributed by atoms with van der Waals surface area (Å²) in [5, 5.41) is 2.53. The van der Waals surface area contributed by atoms with Crippen LogP contribution >= 0.6 is 0 Å². The first-order chi connectivity index (χ1) is 16.9. The molecule has 0 aliphatic rings. The molecule has 2 unspecified atom stereocenters. The summed E-state index contributed by atoms with van der Waals surface area (Å²) in [5.41, 5.74) is -0.602. The van der Waals surface area contributed by atoms with Crippen LogP contribution in [0.2, 0.25) is 0 Å². The van der Waals surface area contributed by atoms with E-state index in [1.165, 1.54) is 25.1 Å². The zero-order valence-corrected chi connectivity index (χ0v) is 23.7. The number of methoxy groups -OCH3 is 2. The maximum absolute atomic E-state index is 12.0. The number of anilines is 1. The van der Waals surface area contributed by atoms with Crippen molar-refractivity contribution in [2.45, 2.75) is 132 Å². The molecule has 0 aliphatic carbocycles. The highest BCUT2D eigenvalue weighted by atomic mass is 32.2. The van der Waals surface area contributed by atoms with Gasteiger partial charge in [-0.25, -0.2) is 0 Å². The number of halogens is 1. The highest BCUT2D eigenvalue weighted by Gasteiger charge is 2.32. The Bertz CT molecular complexity index is 930. The number of nitrogens with one attached hydrogen (secondary N) is 1. The predicted octanol–water partition coefficient (Wildman–Crippen LogP) is 7.68. The second-order valence-electron chi connectivity index (χ2n) is 8.64. The normalized spacial score (nSPS) is 12.0. The number of carbonyl (C=O) groups excluding carboxylic acids is 3. The molecule has 0 aliphatic heterocycles. The molecule has 246 valence electrons. The lowest BCUT2D eigenvalue weighted by atomic mass is 9.89. The quantitative estimate of drug-likeness (QED) is 0.143. The molecule has 0 aromatic heterocycles. The summed E-state index contributed by atoms with van der Waals surface area (Å²) in [6, 6.07) is 5.73. The summed E-state index contributed by atoms with van der Waals surface area (Å²) in [6.07, 6.45) is 6.52. The summed E-state index contributed by atoms with van der Waals surface area (Å²) in [4.78, 5) is 34.0. The molecule has 0 heterocycles. The first-order valence-corrected chi connectivity index (χ1v) is 13.8. The van der Waals surface area contributed by atoms with Crippen LogP contribution in [-0.2, 0) is 34.0 Å². The fraction of sp³-hybridized carbons (Fsp3) is 0.700. The fourth-order valence-corrected chi connectivity index (χ4v) is 4.49. The van der Waals surface area contributed by atoms with Gasteiger partial charge in [-0.2, -0.15) is 8.42 Å². The minimum Gasteiger partial charge on any atom is -0.374 e. The Morgan fingerprint density at radius 1 is 0.927 bits per heavy atom. The Morgan fingerprint density at radius 3 is 1.83 bits per heavy atom. The van der Waals surface area contributed by atoms with Crippen LogP contribution in [0.25, 0.3) is 0 Å². The SMILES string of the molecule is C.C.C.C.CCC(CCCCCCCC(=O)Nc1ccccc1S(=O)(=O)O)(OC)C(C)=O.CCC(OC)C(C)=O.F. The van der Waals surface area contributed by atoms with Crippen molar-refractivity contribution >= 4 is 33.3 Å². The van der Waals surface area contributed by atoms with Crippen molar-refractivity contribution < 1.29 is 41.5 Å². The van der Waals surface area contributed by atoms with E-state index in [-0.39, 0.29) is 75.0 Å². The van der Waals surface area contributed by atoms with Crippen molar-refractivity contribution in [3.63, 3.8) is 0 Å². The van der Waals surface area contributed by atoms with Gasteiger partial charge in [-0.15, -0.1) is 0 Å². The van der Waals surface area contributed by atoms with Crippen molar-refractivity contribution in [3.8, 4) is 0 Å². The first-order valence-electron chi connectivity index (χ1n) is 12.3. The van der Waals surface area contributed by atoms with Crippen molar-refractivity contribution in [3.05, 3.63) is 24.3 Å². The maximum Gasteiger partial charge on any atom is 0.296 e. The number of amides is 1. The topological polar surface area (TPSA) is 136 Å². The molecule has 0 bridgehead atoms. The molecule has 0 saturated carbocycles. The second-order valence-corrected chi connectivity index (χ2v) is 10.0. The van der Waals surface area contributed by atoms with Crippen LogP contribution in [0, 0.1) is 0 Å². The van der Waals surface area contributed by atoms with Crippen molar-refractivity contribution in [1.82, 2.24) is 0 Å². The summed E-state index contributed by atoms with van der Waals surface area (Å²) in [6.45, 7) is 6.97. The first kappa shape index (κ1) is 51.5. The molecule has 0 radical (unpaired) electrons. The average Bonchev–Trinajstić information content (AvgIpc) is 2.81. The molecule has 1 rings (SSSR count). The molecule has 0 spiro atoms. The number of Topliss-reactive ketones (excluding diaryl/α,β-unsaturated/α-hetero) is 2. The fourth-order valence-electron chi connectivity index (χ4n) is 3.85. The highest BCUT2D eigenvalue weighted by Crippen LogP contribution is 2.25. The summed E-state index contributed by atoms with van der Waals surface area (Å²) >= 11 is 0. The standard InChI is InChI=1S/C20H31NO6S.C6H12O2.4CH4.FH/c1-4-20(27-3,16(2)22)15-11-7-5-6-8-14-19(23)21-17-12-9-10-13-18(17)28(24,25)26;1-4-6(8-3)5(2)7;;;;;/h9-10,12-13H,4-8,11,14-15H2,1-3H3,(H,21,23)(H,24,25,26);6H,4H2,1-3H3;4*1H4;1H. The van der Waals surface area contributed by atoms with Gasteiger partial charge in [0.1, 0.15) is 16.6 Å². The number of ketones is 2. The van der Waals surface area contributed by atoms with Crippen LogP contribution in [0.5, 0.6) is 0 Å². The molecule has 0 fully saturated rings. The third-order valence-electron chi connectivity index (χ3n) is 6.14. The Morgan fingerprint density at radius 2 is 1.44 bits per heavy atom. The van der Waals surface area contributed by atoms with Gasteiger partial charge in [0.05, 0.1) is 5.69 Å². The van der Waals surface area contributed by atoms with E-state index in [0.29, 0.717) is 19.3 Å². The van der Waals surface area contributed by atoms with E-state index < -0.39 is 15.7 Å². The number of rotatable bonds is 16. The molecular weight excluding hydrogens is 553 g/mol. The lowest BCUT2D eigenvalue weighted by Crippen LogP contribution is -2.38. The third kappa shape index (κ3) is 19.5. The van der Waals surface area contributed by atoms with Crippen LogP contribution in [0.3, 0.4) is 0 Å². The molecule has 11 heteroatoms. The molecule has 41 heavy (non-hydrogen) atoms. The maximum atomic E-state index is 12.0. The van der Waals surface area contributed by atoms with Crippen LogP contribution in [-0.4, -0.2) is 56.4 Å². The number of hydrogen-bond acceptors (Lipinski definition) is 7. The zero-order chi connectivity index (χ0) is 27.8. The molecule has 2 atom stereocenters. The third-order valence-corrected chi connectivity index (χ3v) is 7.05. The molecular formula is C30H60FNO8S. The van der Waals surface area contributed by atoms with E-state index >= 15 is 0 Å². The molecule has 1 amide bonds. The van der Waals surface area contributed by atoms with Gasteiger partial charge in [-0.05, 0) is 51.7 Å². The summed E-state index contributed by atoms with van der Waals surface area (Å²) in [7, 11) is -1.26. The smallest absolute Gasteiger partial charge is 0.296 e. The van der Waals surface area contributed by atoms with Gasteiger partial charge in [0, 0.05) is 20.6 Å². The molecule has 1 aromatic rings. The Hall–Kier alpha value is -2.21. The van der Waals surface area contributed by atoms with Crippen molar-refractivity contribution in [2.75, 3.05) is 19.5 Å². The van der Waals surface area contributed by atoms with Crippen molar-refractivity contribution in [2.24, 2.45) is 0 Å². The molecule has 0 saturated heterocycles. The van der Waals surface area contributed by atoms with Crippen LogP contribution in [0.15, 0.2) is 29.2 Å². The number of para-hydroxylation sites is 1. The van der Waals surface area contributed by atoms with Gasteiger partial charge in [0.2, 0.25) is 5.91 Å². The van der Waals surface area contributed by atoms with Gasteiger partial charge >= 0.3 is 0 Å². The van der Waals surface area contributed by atoms with Gasteiger partial charge in [-0.1, -0.05) is 81.4 Å². The van der Waals surface area contributed by atoms with E-state index in [0.717, 1.165) is 32.1 Å². The average molecular weight is 614 g/mol. The number of hydrogen-bond donors (Lipinski definition) is 2. The predicted molar refractivity (Wildman–Crippen MR) is 169 cm³/mol. The van der Waals surface area contributed by atoms with E-state index in [9.17, 15) is 27.4 Å². The molecule has 2 N–H and O–H groups in total. The lowest BCUT2D eigenvalue weighted by Gasteiger charge is -2.28. The van der Waals surface area contributed by atoms with E-state index in [1.807, 2.05) is 13.8 Å².